The van der Waals surface area contributed by atoms with Crippen molar-refractivity contribution in [2.24, 2.45) is 0 Å². The highest BCUT2D eigenvalue weighted by Crippen LogP contribution is 2.15. The molecule has 0 fully saturated rings. The number of carbonyl (C=O) groups is 3. The molecule has 0 amide bonds. The van der Waals surface area contributed by atoms with Crippen molar-refractivity contribution < 1.29 is 28.6 Å². The molecule has 1 atom stereocenters. The average molecular weight is 1070 g/mol. The summed E-state index contributed by atoms with van der Waals surface area (Å²) in [5, 5.41) is 0. The van der Waals surface area contributed by atoms with Crippen LogP contribution in [0.1, 0.15) is 290 Å². The molecule has 0 radical (unpaired) electrons. The molecule has 0 spiro atoms. The number of hydrogen-bond donors (Lipinski definition) is 0. The van der Waals surface area contributed by atoms with Crippen LogP contribution in [0.15, 0.2) is 122 Å². The summed E-state index contributed by atoms with van der Waals surface area (Å²) >= 11 is 0. The summed E-state index contributed by atoms with van der Waals surface area (Å²) in [6.45, 7) is 6.43. The second-order valence-electron chi connectivity index (χ2n) is 20.9. The smallest absolute Gasteiger partial charge is 0.306 e. The van der Waals surface area contributed by atoms with Crippen LogP contribution in [0, 0.1) is 0 Å². The zero-order valence-electron chi connectivity index (χ0n) is 50.2. The van der Waals surface area contributed by atoms with E-state index >= 15 is 0 Å². The van der Waals surface area contributed by atoms with Crippen LogP contribution in [0.2, 0.25) is 0 Å². The fourth-order valence-electron chi connectivity index (χ4n) is 8.63. The Morgan fingerprint density at radius 1 is 0.273 bits per heavy atom. The molecule has 0 N–H and O–H groups in total. The zero-order chi connectivity index (χ0) is 55.7. The number of esters is 3. The number of ether oxygens (including phenoxy) is 3. The zero-order valence-corrected chi connectivity index (χ0v) is 50.2. The Morgan fingerprint density at radius 2 is 0.532 bits per heavy atom. The molecule has 6 heteroatoms. The van der Waals surface area contributed by atoms with Crippen molar-refractivity contribution in [2.75, 3.05) is 13.2 Å². The first-order valence-electron chi connectivity index (χ1n) is 32.0. The lowest BCUT2D eigenvalue weighted by Crippen LogP contribution is -2.30. The Labute approximate surface area is 475 Å². The van der Waals surface area contributed by atoms with Crippen molar-refractivity contribution >= 4 is 17.9 Å². The highest BCUT2D eigenvalue weighted by atomic mass is 16.6. The lowest BCUT2D eigenvalue weighted by molar-refractivity contribution is -0.167. The van der Waals surface area contributed by atoms with Crippen LogP contribution in [0.25, 0.3) is 0 Å². The largest absolute Gasteiger partial charge is 0.462 e. The molecule has 0 aromatic carbocycles. The molecule has 0 aliphatic rings. The molecule has 0 heterocycles. The molecule has 0 saturated heterocycles. The maximum Gasteiger partial charge on any atom is 0.306 e. The Morgan fingerprint density at radius 3 is 0.844 bits per heavy atom. The third-order valence-electron chi connectivity index (χ3n) is 13.4. The van der Waals surface area contributed by atoms with Crippen molar-refractivity contribution in [3.63, 3.8) is 0 Å². The van der Waals surface area contributed by atoms with Gasteiger partial charge in [-0.05, 0) is 128 Å². The maximum atomic E-state index is 12.9. The van der Waals surface area contributed by atoms with E-state index in [-0.39, 0.29) is 31.1 Å². The van der Waals surface area contributed by atoms with Crippen LogP contribution >= 0.6 is 0 Å². The quantitative estimate of drug-likeness (QED) is 0.0261. The van der Waals surface area contributed by atoms with E-state index in [1.165, 1.54) is 109 Å². The number of hydrogen-bond acceptors (Lipinski definition) is 6. The minimum absolute atomic E-state index is 0.0906. The van der Waals surface area contributed by atoms with Crippen molar-refractivity contribution in [2.45, 2.75) is 297 Å². The van der Waals surface area contributed by atoms with Crippen molar-refractivity contribution in [3.8, 4) is 0 Å². The predicted octanol–water partition coefficient (Wildman–Crippen LogP) is 22.0. The van der Waals surface area contributed by atoms with Gasteiger partial charge < -0.3 is 14.2 Å². The minimum Gasteiger partial charge on any atom is -0.462 e. The normalized spacial score (nSPS) is 12.9. The number of rotatable bonds is 57. The SMILES string of the molecule is CC/C=C\C/C=C\C/C=C\C/C=C\C/C=C\C/C=C\CCCCCCCCCCC(=O)OCC(COC(=O)CCCCCCC/C=C\C/C=C\CCC)OC(=O)CCCCCCCCCCC/C=C\C/C=C\CCCCC. The third-order valence-corrected chi connectivity index (χ3v) is 13.4. The fraction of sp³-hybridized carbons (Fsp3) is 0.676. The molecule has 0 aromatic rings. The van der Waals surface area contributed by atoms with Gasteiger partial charge in [0, 0.05) is 19.3 Å². The molecule has 0 aliphatic carbocycles. The van der Waals surface area contributed by atoms with Crippen LogP contribution in [-0.4, -0.2) is 37.2 Å². The van der Waals surface area contributed by atoms with E-state index in [2.05, 4.69) is 142 Å². The summed E-state index contributed by atoms with van der Waals surface area (Å²) in [6, 6.07) is 0. The Bertz CT molecular complexity index is 1600. The van der Waals surface area contributed by atoms with Gasteiger partial charge >= 0.3 is 17.9 Å². The maximum absolute atomic E-state index is 12.9. The highest BCUT2D eigenvalue weighted by Gasteiger charge is 2.19. The fourth-order valence-corrected chi connectivity index (χ4v) is 8.63. The van der Waals surface area contributed by atoms with Crippen molar-refractivity contribution in [3.05, 3.63) is 122 Å². The van der Waals surface area contributed by atoms with Gasteiger partial charge in [0.1, 0.15) is 13.2 Å². The van der Waals surface area contributed by atoms with Gasteiger partial charge in [0.15, 0.2) is 6.10 Å². The molecular weight excluding hydrogens is 949 g/mol. The second kappa shape index (κ2) is 64.3. The van der Waals surface area contributed by atoms with E-state index < -0.39 is 6.10 Å². The molecule has 0 aliphatic heterocycles. The third kappa shape index (κ3) is 62.5. The van der Waals surface area contributed by atoms with Crippen LogP contribution in [0.3, 0.4) is 0 Å². The second-order valence-corrected chi connectivity index (χ2v) is 20.9. The summed E-state index contributed by atoms with van der Waals surface area (Å²) in [4.78, 5) is 38.3. The number of carbonyl (C=O) groups excluding carboxylic acids is 3. The number of allylic oxidation sites excluding steroid dienone is 20. The Balaban J connectivity index is 4.36. The first kappa shape index (κ1) is 72.8. The van der Waals surface area contributed by atoms with E-state index in [0.717, 1.165) is 141 Å². The van der Waals surface area contributed by atoms with Gasteiger partial charge in [-0.25, -0.2) is 0 Å². The lowest BCUT2D eigenvalue weighted by atomic mass is 10.1. The molecule has 77 heavy (non-hydrogen) atoms. The summed E-state index contributed by atoms with van der Waals surface area (Å²) in [7, 11) is 0. The Kier molecular flexibility index (Phi) is 60.8. The van der Waals surface area contributed by atoms with Crippen LogP contribution in [0.5, 0.6) is 0 Å². The molecule has 0 saturated carbocycles. The van der Waals surface area contributed by atoms with Crippen LogP contribution in [-0.2, 0) is 28.6 Å². The van der Waals surface area contributed by atoms with E-state index in [4.69, 9.17) is 14.2 Å². The summed E-state index contributed by atoms with van der Waals surface area (Å²) in [5.41, 5.74) is 0. The molecule has 0 bridgehead atoms. The average Bonchev–Trinajstić information content (AvgIpc) is 3.43. The first-order valence-corrected chi connectivity index (χ1v) is 32.0. The lowest BCUT2D eigenvalue weighted by Gasteiger charge is -2.18. The molecule has 0 rings (SSSR count). The van der Waals surface area contributed by atoms with Crippen LogP contribution < -0.4 is 0 Å². The monoisotopic (exact) mass is 1070 g/mol. The molecular formula is C71H118O6. The van der Waals surface area contributed by atoms with E-state index in [1.54, 1.807) is 0 Å². The highest BCUT2D eigenvalue weighted by molar-refractivity contribution is 5.71. The van der Waals surface area contributed by atoms with Gasteiger partial charge in [0.05, 0.1) is 0 Å². The first-order chi connectivity index (χ1) is 38.0. The predicted molar refractivity (Wildman–Crippen MR) is 334 cm³/mol. The summed E-state index contributed by atoms with van der Waals surface area (Å²) in [6.07, 6.45) is 89.1. The van der Waals surface area contributed by atoms with Gasteiger partial charge in [0.2, 0.25) is 0 Å². The van der Waals surface area contributed by atoms with Crippen molar-refractivity contribution in [1.82, 2.24) is 0 Å². The van der Waals surface area contributed by atoms with Gasteiger partial charge in [-0.2, -0.15) is 0 Å². The van der Waals surface area contributed by atoms with E-state index in [0.29, 0.717) is 19.3 Å². The van der Waals surface area contributed by atoms with Crippen LogP contribution in [0.4, 0.5) is 0 Å². The van der Waals surface area contributed by atoms with E-state index in [1.807, 2.05) is 0 Å². The topological polar surface area (TPSA) is 78.9 Å². The summed E-state index contributed by atoms with van der Waals surface area (Å²) < 4.78 is 16.9. The molecule has 6 nitrogen and oxygen atoms in total. The Hall–Kier alpha value is -4.19. The minimum atomic E-state index is -0.794. The standard InChI is InChI=1S/C71H118O6/c1-4-7-10-13-16-19-22-25-27-29-31-32-33-34-35-36-37-38-40-41-43-46-49-52-55-58-61-64-70(73)76-67-68(66-75-69(72)63-60-57-54-51-48-45-24-21-18-15-12-9-6-3)77-71(74)65-62-59-56-53-50-47-44-42-39-30-28-26-23-20-17-14-11-8-5-2/h7,10,12,15-17,19-21,24-28,31-32,34-35,37-38,68H,4-6,8-9,11,13-14,18,22-23,29-30,33,36,39-67H2,1-3H3/b10-7-,15-12-,19-16-,20-17-,24-21-,27-25-,28-26-,32-31-,35-34-,38-37-. The summed E-state index contributed by atoms with van der Waals surface area (Å²) in [5.74, 6) is -0.912. The number of unbranched alkanes of at least 4 members (excludes halogenated alkanes) is 26. The van der Waals surface area contributed by atoms with Gasteiger partial charge in [-0.1, -0.05) is 264 Å². The van der Waals surface area contributed by atoms with E-state index in [9.17, 15) is 14.4 Å². The van der Waals surface area contributed by atoms with Gasteiger partial charge in [-0.3, -0.25) is 14.4 Å². The van der Waals surface area contributed by atoms with Crippen molar-refractivity contribution in [1.29, 1.82) is 0 Å². The molecule has 438 valence electrons. The molecule has 0 aromatic heterocycles. The molecule has 1 unspecified atom stereocenters. The van der Waals surface area contributed by atoms with Gasteiger partial charge in [-0.15, -0.1) is 0 Å². The van der Waals surface area contributed by atoms with Gasteiger partial charge in [0.25, 0.3) is 0 Å².